The molecule has 104 valence electrons. The molecule has 0 radical (unpaired) electrons. The van der Waals surface area contributed by atoms with E-state index in [4.69, 9.17) is 4.74 Å². The molecule has 0 amide bonds. The number of likely N-dealkylation sites (N-methyl/N-ethyl adjacent to an activating group) is 1. The highest BCUT2D eigenvalue weighted by atomic mass is 19.1. The Kier molecular flexibility index (Phi) is 4.35. The summed E-state index contributed by atoms with van der Waals surface area (Å²) in [6.07, 6.45) is 0. The van der Waals surface area contributed by atoms with Crippen molar-refractivity contribution in [3.63, 3.8) is 0 Å². The van der Waals surface area contributed by atoms with E-state index in [0.29, 0.717) is 5.56 Å². The predicted molar refractivity (Wildman–Crippen MR) is 76.0 cm³/mol. The number of esters is 1. The molecule has 1 atom stereocenters. The van der Waals surface area contributed by atoms with Crippen LogP contribution in [0.25, 0.3) is 0 Å². The molecule has 0 bridgehead atoms. The lowest BCUT2D eigenvalue weighted by Crippen LogP contribution is -2.32. The summed E-state index contributed by atoms with van der Waals surface area (Å²) < 4.78 is 18.8. The van der Waals surface area contributed by atoms with E-state index >= 15 is 0 Å². The first-order valence-electron chi connectivity index (χ1n) is 6.25. The average Bonchev–Trinajstić information content (AvgIpc) is 2.50. The normalized spacial score (nSPS) is 11.8. The zero-order valence-corrected chi connectivity index (χ0v) is 11.4. The van der Waals surface area contributed by atoms with Crippen molar-refractivity contribution >= 4 is 11.7 Å². The summed E-state index contributed by atoms with van der Waals surface area (Å²) >= 11 is 0. The molecule has 4 heteroatoms. The molecule has 0 N–H and O–H groups in total. The Hall–Kier alpha value is -2.36. The van der Waals surface area contributed by atoms with E-state index in [1.807, 2.05) is 30.3 Å². The number of carbonyl (C=O) groups excluding carboxylic acids is 1. The van der Waals surface area contributed by atoms with E-state index in [2.05, 4.69) is 0 Å². The molecule has 0 aromatic heterocycles. The van der Waals surface area contributed by atoms with Gasteiger partial charge in [0.1, 0.15) is 5.82 Å². The third-order valence-electron chi connectivity index (χ3n) is 3.18. The first-order chi connectivity index (χ1) is 9.65. The van der Waals surface area contributed by atoms with Crippen molar-refractivity contribution in [1.29, 1.82) is 0 Å². The van der Waals surface area contributed by atoms with Gasteiger partial charge < -0.3 is 9.64 Å². The number of benzene rings is 2. The molecular weight excluding hydrogens is 257 g/mol. The molecular formula is C16H16FNO2. The van der Waals surface area contributed by atoms with Crippen LogP contribution in [0.3, 0.4) is 0 Å². The van der Waals surface area contributed by atoms with Crippen LogP contribution in [0.2, 0.25) is 0 Å². The Balaban J connectivity index is 2.44. The molecule has 0 fully saturated rings. The van der Waals surface area contributed by atoms with E-state index in [0.717, 1.165) is 5.69 Å². The van der Waals surface area contributed by atoms with Gasteiger partial charge in [-0.2, -0.15) is 0 Å². The SMILES string of the molecule is COC(=O)C(c1ccccc1F)N(C)c1ccccc1. The summed E-state index contributed by atoms with van der Waals surface area (Å²) in [5, 5.41) is 0. The van der Waals surface area contributed by atoms with Crippen molar-refractivity contribution in [1.82, 2.24) is 0 Å². The fraction of sp³-hybridized carbons (Fsp3) is 0.188. The minimum absolute atomic E-state index is 0.297. The molecule has 0 saturated heterocycles. The van der Waals surface area contributed by atoms with Crippen molar-refractivity contribution in [2.45, 2.75) is 6.04 Å². The molecule has 20 heavy (non-hydrogen) atoms. The Morgan fingerprint density at radius 3 is 2.30 bits per heavy atom. The third kappa shape index (κ3) is 2.79. The lowest BCUT2D eigenvalue weighted by atomic mass is 10.0. The Morgan fingerprint density at radius 1 is 1.10 bits per heavy atom. The number of carbonyl (C=O) groups is 1. The number of rotatable bonds is 4. The maximum Gasteiger partial charge on any atom is 0.333 e. The molecule has 3 nitrogen and oxygen atoms in total. The van der Waals surface area contributed by atoms with Crippen LogP contribution in [0, 0.1) is 5.82 Å². The van der Waals surface area contributed by atoms with E-state index in [1.54, 1.807) is 30.1 Å². The Bertz CT molecular complexity index is 586. The van der Waals surface area contributed by atoms with Gasteiger partial charge in [-0.3, -0.25) is 0 Å². The number of halogens is 1. The lowest BCUT2D eigenvalue weighted by molar-refractivity contribution is -0.142. The topological polar surface area (TPSA) is 29.5 Å². The van der Waals surface area contributed by atoms with Crippen LogP contribution in [-0.4, -0.2) is 20.1 Å². The minimum Gasteiger partial charge on any atom is -0.467 e. The van der Waals surface area contributed by atoms with E-state index in [1.165, 1.54) is 13.2 Å². The number of anilines is 1. The Labute approximate surface area is 117 Å². The van der Waals surface area contributed by atoms with E-state index in [9.17, 15) is 9.18 Å². The summed E-state index contributed by atoms with van der Waals surface area (Å²) in [6.45, 7) is 0. The van der Waals surface area contributed by atoms with Crippen LogP contribution in [-0.2, 0) is 9.53 Å². The number of ether oxygens (including phenoxy) is 1. The van der Waals surface area contributed by atoms with Crippen LogP contribution in [0.15, 0.2) is 54.6 Å². The Morgan fingerprint density at radius 2 is 1.70 bits per heavy atom. The summed E-state index contributed by atoms with van der Waals surface area (Å²) in [4.78, 5) is 13.7. The van der Waals surface area contributed by atoms with Crippen LogP contribution in [0.1, 0.15) is 11.6 Å². The molecule has 0 aliphatic heterocycles. The first kappa shape index (κ1) is 14.1. The summed E-state index contributed by atoms with van der Waals surface area (Å²) in [6, 6.07) is 14.7. The highest BCUT2D eigenvalue weighted by molar-refractivity contribution is 5.81. The van der Waals surface area contributed by atoms with Crippen LogP contribution in [0.5, 0.6) is 0 Å². The molecule has 0 heterocycles. The maximum absolute atomic E-state index is 14.0. The zero-order valence-electron chi connectivity index (χ0n) is 11.4. The lowest BCUT2D eigenvalue weighted by Gasteiger charge is -2.28. The summed E-state index contributed by atoms with van der Waals surface area (Å²) in [5.41, 5.74) is 1.11. The van der Waals surface area contributed by atoms with E-state index in [-0.39, 0.29) is 0 Å². The van der Waals surface area contributed by atoms with Crippen molar-refractivity contribution in [2.24, 2.45) is 0 Å². The van der Waals surface area contributed by atoms with Gasteiger partial charge in [0.2, 0.25) is 0 Å². The summed E-state index contributed by atoms with van der Waals surface area (Å²) in [7, 11) is 3.04. The summed E-state index contributed by atoms with van der Waals surface area (Å²) in [5.74, 6) is -0.924. The molecule has 0 aliphatic carbocycles. The fourth-order valence-electron chi connectivity index (χ4n) is 2.11. The molecule has 0 saturated carbocycles. The van der Waals surface area contributed by atoms with Crippen LogP contribution < -0.4 is 4.90 Å². The van der Waals surface area contributed by atoms with Gasteiger partial charge in [0.15, 0.2) is 6.04 Å². The van der Waals surface area contributed by atoms with Gasteiger partial charge in [-0.1, -0.05) is 36.4 Å². The first-order valence-corrected chi connectivity index (χ1v) is 6.25. The second kappa shape index (κ2) is 6.19. The molecule has 0 spiro atoms. The molecule has 0 aliphatic rings. The van der Waals surface area contributed by atoms with Crippen LogP contribution in [0.4, 0.5) is 10.1 Å². The zero-order chi connectivity index (χ0) is 14.5. The third-order valence-corrected chi connectivity index (χ3v) is 3.18. The van der Waals surface area contributed by atoms with Gasteiger partial charge >= 0.3 is 5.97 Å². The number of methoxy groups -OCH3 is 1. The largest absolute Gasteiger partial charge is 0.467 e. The number of hydrogen-bond donors (Lipinski definition) is 0. The molecule has 2 aromatic carbocycles. The van der Waals surface area contributed by atoms with Gasteiger partial charge in [0.25, 0.3) is 0 Å². The van der Waals surface area contributed by atoms with Crippen LogP contribution >= 0.6 is 0 Å². The van der Waals surface area contributed by atoms with E-state index < -0.39 is 17.8 Å². The average molecular weight is 273 g/mol. The van der Waals surface area contributed by atoms with Gasteiger partial charge in [-0.15, -0.1) is 0 Å². The smallest absolute Gasteiger partial charge is 0.333 e. The monoisotopic (exact) mass is 273 g/mol. The second-order valence-corrected chi connectivity index (χ2v) is 4.39. The standard InChI is InChI=1S/C16H16FNO2/c1-18(12-8-4-3-5-9-12)15(16(19)20-2)13-10-6-7-11-14(13)17/h3-11,15H,1-2H3. The maximum atomic E-state index is 14.0. The van der Waals surface area contributed by atoms with Gasteiger partial charge in [0, 0.05) is 18.3 Å². The molecule has 1 unspecified atom stereocenters. The predicted octanol–water partition coefficient (Wildman–Crippen LogP) is 3.18. The number of hydrogen-bond acceptors (Lipinski definition) is 3. The van der Waals surface area contributed by atoms with Crippen molar-refractivity contribution < 1.29 is 13.9 Å². The second-order valence-electron chi connectivity index (χ2n) is 4.39. The highest BCUT2D eigenvalue weighted by Gasteiger charge is 2.28. The molecule has 2 rings (SSSR count). The van der Waals surface area contributed by atoms with Crippen molar-refractivity contribution in [3.05, 3.63) is 66.0 Å². The number of nitrogens with zero attached hydrogens (tertiary/aromatic N) is 1. The number of para-hydroxylation sites is 1. The van der Waals surface area contributed by atoms with Gasteiger partial charge in [0.05, 0.1) is 7.11 Å². The molecule has 2 aromatic rings. The minimum atomic E-state index is -0.816. The van der Waals surface area contributed by atoms with Crippen molar-refractivity contribution in [2.75, 3.05) is 19.1 Å². The van der Waals surface area contributed by atoms with Gasteiger partial charge in [-0.05, 0) is 18.2 Å². The van der Waals surface area contributed by atoms with Crippen molar-refractivity contribution in [3.8, 4) is 0 Å². The fourth-order valence-corrected chi connectivity index (χ4v) is 2.11. The highest BCUT2D eigenvalue weighted by Crippen LogP contribution is 2.28. The van der Waals surface area contributed by atoms with Gasteiger partial charge in [-0.25, -0.2) is 9.18 Å². The quantitative estimate of drug-likeness (QED) is 0.801.